The van der Waals surface area contributed by atoms with Crippen molar-refractivity contribution in [2.75, 3.05) is 19.8 Å². The van der Waals surface area contributed by atoms with Crippen LogP contribution in [-0.4, -0.2) is 37.4 Å². The van der Waals surface area contributed by atoms with Gasteiger partial charge in [0, 0.05) is 25.7 Å². The molecular weight excluding hydrogens is 249 g/mol. The van der Waals surface area contributed by atoms with Gasteiger partial charge < -0.3 is 9.47 Å². The summed E-state index contributed by atoms with van der Waals surface area (Å²) in [6, 6.07) is 0. The highest BCUT2D eigenvalue weighted by atomic mass is 19.4. The molecule has 2 heterocycles. The molecule has 0 amide bonds. The molecule has 2 rings (SSSR count). The van der Waals surface area contributed by atoms with Crippen LogP contribution in [0.1, 0.15) is 32.1 Å². The van der Waals surface area contributed by atoms with Crippen LogP contribution < -0.4 is 0 Å². The number of alkyl halides is 3. The molecule has 2 aliphatic rings. The second-order valence-corrected chi connectivity index (χ2v) is 5.09. The van der Waals surface area contributed by atoms with E-state index in [2.05, 4.69) is 0 Å². The molecule has 1 spiro atoms. The smallest absolute Gasteiger partial charge is 0.381 e. The lowest BCUT2D eigenvalue weighted by molar-refractivity contribution is -0.170. The third-order valence-electron chi connectivity index (χ3n) is 3.73. The second-order valence-electron chi connectivity index (χ2n) is 5.09. The average Bonchev–Trinajstić information content (AvgIpc) is 2.28. The Balaban J connectivity index is 1.95. The van der Waals surface area contributed by atoms with E-state index < -0.39 is 29.9 Å². The van der Waals surface area contributed by atoms with E-state index in [0.29, 0.717) is 45.5 Å². The normalized spacial score (nSPS) is 28.3. The zero-order chi connectivity index (χ0) is 13.2. The zero-order valence-electron chi connectivity index (χ0n) is 10.1. The Morgan fingerprint density at radius 1 is 1.22 bits per heavy atom. The number of hydrogen-bond donors (Lipinski definition) is 0. The first-order valence-corrected chi connectivity index (χ1v) is 6.21. The number of rotatable bonds is 2. The first-order chi connectivity index (χ1) is 8.40. The lowest BCUT2D eigenvalue weighted by Gasteiger charge is -2.43. The van der Waals surface area contributed by atoms with Crippen LogP contribution in [0, 0.1) is 5.92 Å². The second kappa shape index (κ2) is 5.17. The van der Waals surface area contributed by atoms with Gasteiger partial charge in [0.1, 0.15) is 12.2 Å². The number of hydrogen-bond acceptors (Lipinski definition) is 3. The summed E-state index contributed by atoms with van der Waals surface area (Å²) in [6.07, 6.45) is -3.57. The predicted octanol–water partition coefficient (Wildman–Crippen LogP) is 2.48. The topological polar surface area (TPSA) is 35.5 Å². The maximum atomic E-state index is 12.2. The minimum absolute atomic E-state index is 0.369. The van der Waals surface area contributed by atoms with E-state index in [4.69, 9.17) is 9.47 Å². The summed E-state index contributed by atoms with van der Waals surface area (Å²) in [5.41, 5.74) is -0.428. The van der Waals surface area contributed by atoms with Crippen molar-refractivity contribution in [1.29, 1.82) is 0 Å². The quantitative estimate of drug-likeness (QED) is 0.770. The van der Waals surface area contributed by atoms with Gasteiger partial charge in [0.2, 0.25) is 0 Å². The summed E-state index contributed by atoms with van der Waals surface area (Å²) in [7, 11) is 0. The van der Waals surface area contributed by atoms with Crippen LogP contribution in [0.2, 0.25) is 0 Å². The molecule has 0 saturated carbocycles. The molecule has 0 aromatic heterocycles. The Morgan fingerprint density at radius 3 is 2.50 bits per heavy atom. The maximum absolute atomic E-state index is 12.2. The summed E-state index contributed by atoms with van der Waals surface area (Å²) >= 11 is 0. The first-order valence-electron chi connectivity index (χ1n) is 6.21. The minimum atomic E-state index is -4.40. The average molecular weight is 266 g/mol. The van der Waals surface area contributed by atoms with Gasteiger partial charge in [0.05, 0.1) is 5.60 Å². The summed E-state index contributed by atoms with van der Waals surface area (Å²) in [5.74, 6) is -1.21. The van der Waals surface area contributed by atoms with Crippen molar-refractivity contribution in [3.8, 4) is 0 Å². The molecule has 6 heteroatoms. The van der Waals surface area contributed by atoms with E-state index in [1.165, 1.54) is 0 Å². The van der Waals surface area contributed by atoms with E-state index in [9.17, 15) is 18.0 Å². The first kappa shape index (κ1) is 13.8. The molecule has 2 fully saturated rings. The van der Waals surface area contributed by atoms with Crippen LogP contribution in [0.15, 0.2) is 0 Å². The van der Waals surface area contributed by atoms with Crippen LogP contribution in [0.5, 0.6) is 0 Å². The molecule has 0 aromatic rings. The molecule has 0 radical (unpaired) electrons. The summed E-state index contributed by atoms with van der Waals surface area (Å²) in [4.78, 5) is 11.6. The maximum Gasteiger partial charge on any atom is 0.395 e. The fraction of sp³-hybridized carbons (Fsp3) is 0.917. The summed E-state index contributed by atoms with van der Waals surface area (Å²) in [5, 5.41) is 0. The van der Waals surface area contributed by atoms with E-state index in [0.717, 1.165) is 0 Å². The van der Waals surface area contributed by atoms with Gasteiger partial charge in [-0.05, 0) is 25.7 Å². The number of ketones is 1. The Morgan fingerprint density at radius 2 is 1.89 bits per heavy atom. The van der Waals surface area contributed by atoms with Gasteiger partial charge in [-0.25, -0.2) is 0 Å². The highest BCUT2D eigenvalue weighted by Crippen LogP contribution is 2.38. The molecule has 104 valence electrons. The third-order valence-corrected chi connectivity index (χ3v) is 3.73. The zero-order valence-corrected chi connectivity index (χ0v) is 10.1. The molecule has 2 saturated heterocycles. The van der Waals surface area contributed by atoms with Crippen molar-refractivity contribution in [3.05, 3.63) is 0 Å². The fourth-order valence-electron chi connectivity index (χ4n) is 2.74. The Labute approximate surface area is 104 Å². The lowest BCUT2D eigenvalue weighted by Crippen LogP contribution is -2.46. The van der Waals surface area contributed by atoms with Crippen molar-refractivity contribution in [2.45, 2.75) is 43.9 Å². The summed E-state index contributed by atoms with van der Waals surface area (Å²) in [6.45, 7) is 1.48. The van der Waals surface area contributed by atoms with E-state index in [1.807, 2.05) is 0 Å². The van der Waals surface area contributed by atoms with Crippen molar-refractivity contribution in [3.63, 3.8) is 0 Å². The number of ether oxygens (including phenoxy) is 2. The molecule has 0 aromatic carbocycles. The Hall–Kier alpha value is -0.620. The minimum Gasteiger partial charge on any atom is -0.381 e. The van der Waals surface area contributed by atoms with Crippen molar-refractivity contribution >= 4 is 5.78 Å². The van der Waals surface area contributed by atoms with Crippen LogP contribution in [0.3, 0.4) is 0 Å². The summed E-state index contributed by atoms with van der Waals surface area (Å²) < 4.78 is 47.6. The predicted molar refractivity (Wildman–Crippen MR) is 57.1 cm³/mol. The van der Waals surface area contributed by atoms with Gasteiger partial charge in [0.25, 0.3) is 0 Å². The van der Waals surface area contributed by atoms with Gasteiger partial charge in [0.15, 0.2) is 0 Å². The number of carbonyl (C=O) groups excluding carboxylic acids is 1. The largest absolute Gasteiger partial charge is 0.395 e. The van der Waals surface area contributed by atoms with E-state index in [-0.39, 0.29) is 0 Å². The standard InChI is InChI=1S/C12H17F3O3/c13-12(14,15)8-10(16)9-1-4-18-11(7-9)2-5-17-6-3-11/h9H,1-8H2. The SMILES string of the molecule is O=C(CC(F)(F)F)C1CCOC2(CCOCC2)C1. The Bertz CT molecular complexity index is 303. The molecule has 18 heavy (non-hydrogen) atoms. The molecular formula is C12H17F3O3. The molecule has 1 atom stereocenters. The van der Waals surface area contributed by atoms with Crippen LogP contribution >= 0.6 is 0 Å². The van der Waals surface area contributed by atoms with E-state index >= 15 is 0 Å². The van der Waals surface area contributed by atoms with Crippen molar-refractivity contribution < 1.29 is 27.4 Å². The van der Waals surface area contributed by atoms with Crippen molar-refractivity contribution in [1.82, 2.24) is 0 Å². The van der Waals surface area contributed by atoms with Gasteiger partial charge in [-0.2, -0.15) is 13.2 Å². The molecule has 3 nitrogen and oxygen atoms in total. The molecule has 0 aliphatic carbocycles. The highest BCUT2D eigenvalue weighted by Gasteiger charge is 2.43. The van der Waals surface area contributed by atoms with Crippen LogP contribution in [0.4, 0.5) is 13.2 Å². The highest BCUT2D eigenvalue weighted by molar-refractivity contribution is 5.81. The fourth-order valence-corrected chi connectivity index (χ4v) is 2.74. The van der Waals surface area contributed by atoms with Crippen molar-refractivity contribution in [2.24, 2.45) is 5.92 Å². The number of carbonyl (C=O) groups is 1. The monoisotopic (exact) mass is 266 g/mol. The molecule has 0 bridgehead atoms. The lowest BCUT2D eigenvalue weighted by atomic mass is 9.78. The number of Topliss-reactive ketones (excluding diaryl/α,β-unsaturated/α-hetero) is 1. The van der Waals surface area contributed by atoms with Crippen LogP contribution in [-0.2, 0) is 14.3 Å². The van der Waals surface area contributed by atoms with Gasteiger partial charge in [-0.3, -0.25) is 4.79 Å². The van der Waals surface area contributed by atoms with Crippen LogP contribution in [0.25, 0.3) is 0 Å². The van der Waals surface area contributed by atoms with Gasteiger partial charge in [-0.15, -0.1) is 0 Å². The third kappa shape index (κ3) is 3.45. The van der Waals surface area contributed by atoms with E-state index in [1.54, 1.807) is 0 Å². The van der Waals surface area contributed by atoms with Gasteiger partial charge >= 0.3 is 6.18 Å². The molecule has 0 N–H and O–H groups in total. The number of halogens is 3. The molecule has 2 aliphatic heterocycles. The Kier molecular flexibility index (Phi) is 3.96. The molecule has 1 unspecified atom stereocenters. The van der Waals surface area contributed by atoms with Gasteiger partial charge in [-0.1, -0.05) is 0 Å².